The van der Waals surface area contributed by atoms with Crippen molar-refractivity contribution in [2.24, 2.45) is 0 Å². The maximum Gasteiger partial charge on any atom is 0.277 e. The number of ether oxygens (including phenoxy) is 1. The van der Waals surface area contributed by atoms with Crippen LogP contribution in [0.15, 0.2) is 77.3 Å². The minimum Gasteiger partial charge on any atom is -0.497 e. The van der Waals surface area contributed by atoms with Crippen LogP contribution in [0.1, 0.15) is 27.7 Å². The molecule has 1 aliphatic heterocycles. The van der Waals surface area contributed by atoms with Gasteiger partial charge < -0.3 is 4.74 Å². The van der Waals surface area contributed by atoms with Crippen LogP contribution in [0.4, 0.5) is 10.1 Å². The second-order valence-corrected chi connectivity index (χ2v) is 8.11. The lowest BCUT2D eigenvalue weighted by Crippen LogP contribution is -2.29. The summed E-state index contributed by atoms with van der Waals surface area (Å²) < 4.78 is 20.3. The standard InChI is InChI=1S/C24H17BrFN3O2/c1-31-19-11-5-14(6-12-19)21-20-22(28-27-21)24(30)29(18-9-7-16(25)8-10-18)23(20)15-3-2-4-17(26)13-15/h2-13,23H,1H3,(H,27,28)/t23-/m0/s1. The number of H-pyrrole nitrogens is 1. The van der Waals surface area contributed by atoms with E-state index in [1.807, 2.05) is 54.6 Å². The largest absolute Gasteiger partial charge is 0.497 e. The Morgan fingerprint density at radius 3 is 2.48 bits per heavy atom. The molecule has 0 saturated heterocycles. The number of hydrogen-bond acceptors (Lipinski definition) is 3. The van der Waals surface area contributed by atoms with Gasteiger partial charge in [0.15, 0.2) is 0 Å². The smallest absolute Gasteiger partial charge is 0.277 e. The lowest BCUT2D eigenvalue weighted by Gasteiger charge is -2.26. The van der Waals surface area contributed by atoms with Crippen molar-refractivity contribution in [3.05, 3.63) is 99.9 Å². The number of aromatic amines is 1. The van der Waals surface area contributed by atoms with Gasteiger partial charge in [0, 0.05) is 21.3 Å². The molecule has 5 rings (SSSR count). The Bertz CT molecular complexity index is 1270. The topological polar surface area (TPSA) is 58.2 Å². The molecule has 0 aliphatic carbocycles. The number of nitrogens with one attached hydrogen (secondary N) is 1. The van der Waals surface area contributed by atoms with Crippen molar-refractivity contribution in [1.82, 2.24) is 10.2 Å². The van der Waals surface area contributed by atoms with Crippen LogP contribution in [0, 0.1) is 5.82 Å². The Hall–Kier alpha value is -3.45. The van der Waals surface area contributed by atoms with Crippen LogP contribution in [0.5, 0.6) is 5.75 Å². The summed E-state index contributed by atoms with van der Waals surface area (Å²) in [6.07, 6.45) is 0. The number of benzene rings is 3. The van der Waals surface area contributed by atoms with Crippen LogP contribution in [0.3, 0.4) is 0 Å². The van der Waals surface area contributed by atoms with E-state index in [1.165, 1.54) is 12.1 Å². The highest BCUT2D eigenvalue weighted by Gasteiger charge is 2.43. The van der Waals surface area contributed by atoms with Crippen molar-refractivity contribution in [3.8, 4) is 17.0 Å². The summed E-state index contributed by atoms with van der Waals surface area (Å²) in [7, 11) is 1.61. The summed E-state index contributed by atoms with van der Waals surface area (Å²) in [4.78, 5) is 15.1. The van der Waals surface area contributed by atoms with E-state index in [0.717, 1.165) is 21.3 Å². The molecule has 1 N–H and O–H groups in total. The van der Waals surface area contributed by atoms with Gasteiger partial charge >= 0.3 is 0 Å². The molecule has 1 aromatic heterocycles. The lowest BCUT2D eigenvalue weighted by molar-refractivity contribution is 0.0988. The van der Waals surface area contributed by atoms with Crippen molar-refractivity contribution >= 4 is 27.5 Å². The monoisotopic (exact) mass is 477 g/mol. The Balaban J connectivity index is 1.70. The molecule has 0 bridgehead atoms. The highest BCUT2D eigenvalue weighted by Crippen LogP contribution is 2.45. The van der Waals surface area contributed by atoms with Crippen molar-refractivity contribution in [2.45, 2.75) is 6.04 Å². The molecule has 7 heteroatoms. The molecular formula is C24H17BrFN3O2. The summed E-state index contributed by atoms with van der Waals surface area (Å²) in [5, 5.41) is 7.35. The average molecular weight is 478 g/mol. The zero-order chi connectivity index (χ0) is 21.5. The third-order valence-corrected chi connectivity index (χ3v) is 5.93. The second kappa shape index (κ2) is 7.67. The minimum absolute atomic E-state index is 0.209. The Morgan fingerprint density at radius 1 is 1.06 bits per heavy atom. The van der Waals surface area contributed by atoms with E-state index < -0.39 is 6.04 Å². The van der Waals surface area contributed by atoms with E-state index in [2.05, 4.69) is 26.1 Å². The minimum atomic E-state index is -0.518. The van der Waals surface area contributed by atoms with Gasteiger partial charge in [0.25, 0.3) is 5.91 Å². The van der Waals surface area contributed by atoms with E-state index in [-0.39, 0.29) is 11.7 Å². The molecule has 0 fully saturated rings. The quantitative estimate of drug-likeness (QED) is 0.407. The van der Waals surface area contributed by atoms with Gasteiger partial charge in [-0.25, -0.2) is 4.39 Å². The van der Waals surface area contributed by atoms with Crippen molar-refractivity contribution < 1.29 is 13.9 Å². The SMILES string of the molecule is COc1ccc(-c2n[nH]c3c2[C@H](c2cccc(F)c2)N(c2ccc(Br)cc2)C3=O)cc1. The van der Waals surface area contributed by atoms with Crippen LogP contribution in [0.2, 0.25) is 0 Å². The number of halogens is 2. The molecule has 5 nitrogen and oxygen atoms in total. The van der Waals surface area contributed by atoms with Gasteiger partial charge in [0.05, 0.1) is 18.8 Å². The number of nitrogens with zero attached hydrogens (tertiary/aromatic N) is 2. The third kappa shape index (κ3) is 3.31. The van der Waals surface area contributed by atoms with Crippen molar-refractivity contribution in [2.75, 3.05) is 12.0 Å². The van der Waals surface area contributed by atoms with Crippen LogP contribution in [-0.2, 0) is 0 Å². The fraction of sp³-hybridized carbons (Fsp3) is 0.0833. The number of rotatable bonds is 4. The lowest BCUT2D eigenvalue weighted by atomic mass is 9.95. The number of carbonyl (C=O) groups is 1. The summed E-state index contributed by atoms with van der Waals surface area (Å²) in [6.45, 7) is 0. The number of hydrogen-bond donors (Lipinski definition) is 1. The molecule has 0 spiro atoms. The molecule has 1 atom stereocenters. The molecule has 4 aromatic rings. The summed E-state index contributed by atoms with van der Waals surface area (Å²) in [5.74, 6) is 0.160. The van der Waals surface area contributed by atoms with Gasteiger partial charge in [-0.1, -0.05) is 28.1 Å². The highest BCUT2D eigenvalue weighted by molar-refractivity contribution is 9.10. The molecule has 0 saturated carbocycles. The van der Waals surface area contributed by atoms with E-state index >= 15 is 0 Å². The molecule has 1 aliphatic rings. The Labute approximate surface area is 186 Å². The maximum absolute atomic E-state index is 14.2. The van der Waals surface area contributed by atoms with Crippen LogP contribution in [-0.4, -0.2) is 23.2 Å². The van der Waals surface area contributed by atoms with Gasteiger partial charge in [-0.15, -0.1) is 0 Å². The fourth-order valence-electron chi connectivity index (χ4n) is 3.98. The number of fused-ring (bicyclic) bond motifs is 1. The molecule has 1 amide bonds. The third-order valence-electron chi connectivity index (χ3n) is 5.40. The number of aromatic nitrogens is 2. The van der Waals surface area contributed by atoms with E-state index in [4.69, 9.17) is 4.74 Å². The van der Waals surface area contributed by atoms with Gasteiger partial charge in [0.1, 0.15) is 17.3 Å². The molecule has 0 unspecified atom stereocenters. The average Bonchev–Trinajstić information content (AvgIpc) is 3.33. The first kappa shape index (κ1) is 19.5. The predicted molar refractivity (Wildman–Crippen MR) is 120 cm³/mol. The summed E-state index contributed by atoms with van der Waals surface area (Å²) in [5.41, 5.74) is 4.01. The van der Waals surface area contributed by atoms with Crippen molar-refractivity contribution in [3.63, 3.8) is 0 Å². The summed E-state index contributed by atoms with van der Waals surface area (Å²) in [6, 6.07) is 20.8. The molecule has 154 valence electrons. The second-order valence-electron chi connectivity index (χ2n) is 7.20. The first-order valence-electron chi connectivity index (χ1n) is 9.64. The van der Waals surface area contributed by atoms with E-state index in [1.54, 1.807) is 18.1 Å². The normalized spacial score (nSPS) is 15.3. The van der Waals surface area contributed by atoms with Crippen LogP contribution in [0.25, 0.3) is 11.3 Å². The highest BCUT2D eigenvalue weighted by atomic mass is 79.9. The number of anilines is 1. The van der Waals surface area contributed by atoms with Crippen LogP contribution < -0.4 is 9.64 Å². The van der Waals surface area contributed by atoms with Gasteiger partial charge in [-0.3, -0.25) is 14.8 Å². The molecule has 2 heterocycles. The Kier molecular flexibility index (Phi) is 4.82. The molecule has 31 heavy (non-hydrogen) atoms. The zero-order valence-electron chi connectivity index (χ0n) is 16.5. The molecule has 0 radical (unpaired) electrons. The number of amides is 1. The number of methoxy groups -OCH3 is 1. The van der Waals surface area contributed by atoms with Gasteiger partial charge in [-0.2, -0.15) is 5.10 Å². The van der Waals surface area contributed by atoms with Gasteiger partial charge in [-0.05, 0) is 66.2 Å². The molecule has 3 aromatic carbocycles. The first-order chi connectivity index (χ1) is 15.1. The number of carbonyl (C=O) groups excluding carboxylic acids is 1. The first-order valence-corrected chi connectivity index (χ1v) is 10.4. The Morgan fingerprint density at radius 2 is 1.81 bits per heavy atom. The van der Waals surface area contributed by atoms with Crippen LogP contribution >= 0.6 is 15.9 Å². The van der Waals surface area contributed by atoms with E-state index in [0.29, 0.717) is 22.6 Å². The van der Waals surface area contributed by atoms with E-state index in [9.17, 15) is 9.18 Å². The summed E-state index contributed by atoms with van der Waals surface area (Å²) >= 11 is 3.43. The van der Waals surface area contributed by atoms with Gasteiger partial charge in [0.2, 0.25) is 0 Å². The molecular weight excluding hydrogens is 461 g/mol. The fourth-order valence-corrected chi connectivity index (χ4v) is 4.24. The zero-order valence-corrected chi connectivity index (χ0v) is 18.1. The predicted octanol–water partition coefficient (Wildman–Crippen LogP) is 5.74. The van der Waals surface area contributed by atoms with Crippen molar-refractivity contribution in [1.29, 1.82) is 0 Å². The maximum atomic E-state index is 14.2.